The van der Waals surface area contributed by atoms with Crippen molar-refractivity contribution in [2.45, 2.75) is 20.0 Å². The number of anilines is 1. The highest BCUT2D eigenvalue weighted by molar-refractivity contribution is 6.05. The van der Waals surface area contributed by atoms with E-state index in [9.17, 15) is 14.7 Å². The summed E-state index contributed by atoms with van der Waals surface area (Å²) in [7, 11) is 0. The Hall–Kier alpha value is -3.60. The molecule has 3 aromatic carbocycles. The number of hydrogen-bond acceptors (Lipinski definition) is 3. The molecule has 1 N–H and O–H groups in total. The van der Waals surface area contributed by atoms with Crippen LogP contribution in [0.25, 0.3) is 0 Å². The Balaban J connectivity index is 1.67. The molecule has 0 heterocycles. The molecule has 0 spiro atoms. The van der Waals surface area contributed by atoms with Crippen LogP contribution in [0, 0.1) is 5.92 Å². The van der Waals surface area contributed by atoms with Gasteiger partial charge in [0.25, 0.3) is 0 Å². The summed E-state index contributed by atoms with van der Waals surface area (Å²) >= 11 is 0. The Morgan fingerprint density at radius 1 is 0.867 bits per heavy atom. The predicted molar refractivity (Wildman–Crippen MR) is 117 cm³/mol. The van der Waals surface area contributed by atoms with E-state index in [1.165, 1.54) is 4.90 Å². The van der Waals surface area contributed by atoms with E-state index in [0.717, 1.165) is 11.1 Å². The highest BCUT2D eigenvalue weighted by Gasteiger charge is 2.31. The van der Waals surface area contributed by atoms with Crippen LogP contribution in [0.3, 0.4) is 0 Å². The number of para-hydroxylation sites is 1. The lowest BCUT2D eigenvalue weighted by molar-refractivity contribution is -0.146. The van der Waals surface area contributed by atoms with Gasteiger partial charge in [-0.1, -0.05) is 60.7 Å². The quantitative estimate of drug-likeness (QED) is 0.532. The smallest absolute Gasteiger partial charge is 0.316 e. The number of hydrogen-bond donors (Lipinski definition) is 1. The molecule has 0 saturated carbocycles. The first-order valence-corrected chi connectivity index (χ1v) is 9.93. The highest BCUT2D eigenvalue weighted by atomic mass is 16.5. The first-order valence-electron chi connectivity index (χ1n) is 9.93. The molecule has 0 radical (unpaired) electrons. The maximum absolute atomic E-state index is 13.0. The number of aliphatic carboxylic acids is 1. The number of carboxylic acids is 1. The van der Waals surface area contributed by atoms with E-state index in [1.54, 1.807) is 24.3 Å². The molecule has 30 heavy (non-hydrogen) atoms. The summed E-state index contributed by atoms with van der Waals surface area (Å²) in [4.78, 5) is 26.3. The van der Waals surface area contributed by atoms with Gasteiger partial charge in [0, 0.05) is 12.2 Å². The zero-order valence-corrected chi connectivity index (χ0v) is 16.9. The molecular formula is C25H25NO4. The molecule has 3 aromatic rings. The summed E-state index contributed by atoms with van der Waals surface area (Å²) < 4.78 is 5.77. The maximum atomic E-state index is 13.0. The number of nitrogens with zero attached hydrogens (tertiary/aromatic N) is 1. The van der Waals surface area contributed by atoms with E-state index in [2.05, 4.69) is 0 Å². The number of carbonyl (C=O) groups is 2. The second-order valence-corrected chi connectivity index (χ2v) is 6.93. The number of carboxylic acid groups (broad SMARTS) is 1. The molecule has 5 heteroatoms. The average Bonchev–Trinajstić information content (AvgIpc) is 2.78. The minimum absolute atomic E-state index is 0.121. The van der Waals surface area contributed by atoms with Crippen LogP contribution >= 0.6 is 0 Å². The topological polar surface area (TPSA) is 66.8 Å². The third-order valence-corrected chi connectivity index (χ3v) is 4.86. The van der Waals surface area contributed by atoms with Gasteiger partial charge >= 0.3 is 5.97 Å². The van der Waals surface area contributed by atoms with Crippen molar-refractivity contribution in [2.24, 2.45) is 5.92 Å². The first-order chi connectivity index (χ1) is 14.6. The van der Waals surface area contributed by atoms with Gasteiger partial charge in [0.05, 0.1) is 0 Å². The summed E-state index contributed by atoms with van der Waals surface area (Å²) in [5.74, 6) is -2.00. The van der Waals surface area contributed by atoms with Crippen molar-refractivity contribution < 1.29 is 19.4 Å². The van der Waals surface area contributed by atoms with Crippen molar-refractivity contribution in [3.63, 3.8) is 0 Å². The van der Waals surface area contributed by atoms with Gasteiger partial charge in [-0.15, -0.1) is 0 Å². The predicted octanol–water partition coefficient (Wildman–Crippen LogP) is 4.56. The van der Waals surface area contributed by atoms with Gasteiger partial charge in [0.1, 0.15) is 18.3 Å². The average molecular weight is 403 g/mol. The van der Waals surface area contributed by atoms with Crippen molar-refractivity contribution in [1.82, 2.24) is 0 Å². The zero-order valence-electron chi connectivity index (χ0n) is 16.9. The Labute approximate surface area is 176 Å². The van der Waals surface area contributed by atoms with Crippen molar-refractivity contribution in [3.05, 3.63) is 96.1 Å². The molecule has 0 aliphatic carbocycles. The second kappa shape index (κ2) is 10.3. The number of benzene rings is 3. The van der Waals surface area contributed by atoms with Crippen LogP contribution in [-0.4, -0.2) is 23.5 Å². The molecule has 1 atom stereocenters. The minimum atomic E-state index is -1.15. The molecular weight excluding hydrogens is 378 g/mol. The van der Waals surface area contributed by atoms with Gasteiger partial charge in [0.2, 0.25) is 5.91 Å². The van der Waals surface area contributed by atoms with Crippen molar-refractivity contribution >= 4 is 17.6 Å². The van der Waals surface area contributed by atoms with Crippen LogP contribution in [0.4, 0.5) is 5.69 Å². The van der Waals surface area contributed by atoms with Crippen LogP contribution in [0.2, 0.25) is 0 Å². The van der Waals surface area contributed by atoms with Crippen LogP contribution in [0.5, 0.6) is 5.75 Å². The SMILES string of the molecule is CCN(C(=O)C(Cc1ccc(OCc2ccccc2)cc1)C(=O)O)c1ccccc1. The van der Waals surface area contributed by atoms with Crippen LogP contribution in [0.15, 0.2) is 84.9 Å². The first kappa shape index (κ1) is 21.1. The van der Waals surface area contributed by atoms with E-state index >= 15 is 0 Å². The highest BCUT2D eigenvalue weighted by Crippen LogP contribution is 2.21. The molecule has 0 saturated heterocycles. The number of rotatable bonds is 9. The molecule has 0 bridgehead atoms. The fraction of sp³-hybridized carbons (Fsp3) is 0.200. The summed E-state index contributed by atoms with van der Waals surface area (Å²) in [6.07, 6.45) is 0.121. The van der Waals surface area contributed by atoms with Crippen LogP contribution in [-0.2, 0) is 22.6 Å². The molecule has 0 aromatic heterocycles. The number of carbonyl (C=O) groups excluding carboxylic acids is 1. The summed E-state index contributed by atoms with van der Waals surface area (Å²) in [6, 6.07) is 26.2. The fourth-order valence-electron chi connectivity index (χ4n) is 3.24. The monoisotopic (exact) mass is 403 g/mol. The third kappa shape index (κ3) is 5.47. The normalized spacial score (nSPS) is 11.5. The third-order valence-electron chi connectivity index (χ3n) is 4.86. The summed E-state index contributed by atoms with van der Waals surface area (Å²) in [5.41, 5.74) is 2.53. The van der Waals surface area contributed by atoms with Crippen molar-refractivity contribution in [1.29, 1.82) is 0 Å². The van der Waals surface area contributed by atoms with Crippen LogP contribution in [0.1, 0.15) is 18.1 Å². The molecule has 0 aliphatic rings. The van der Waals surface area contributed by atoms with E-state index in [4.69, 9.17) is 4.74 Å². The second-order valence-electron chi connectivity index (χ2n) is 6.93. The van der Waals surface area contributed by atoms with Gasteiger partial charge < -0.3 is 14.7 Å². The Morgan fingerprint density at radius 3 is 2.03 bits per heavy atom. The molecule has 0 fully saturated rings. The van der Waals surface area contributed by atoms with E-state index < -0.39 is 17.8 Å². The lowest BCUT2D eigenvalue weighted by Crippen LogP contribution is -2.40. The van der Waals surface area contributed by atoms with E-state index in [-0.39, 0.29) is 6.42 Å². The van der Waals surface area contributed by atoms with Gasteiger partial charge in [-0.05, 0) is 48.7 Å². The molecule has 1 unspecified atom stereocenters. The molecule has 154 valence electrons. The summed E-state index contributed by atoms with van der Waals surface area (Å²) in [5, 5.41) is 9.69. The number of amides is 1. The Bertz CT molecular complexity index is 955. The van der Waals surface area contributed by atoms with Crippen molar-refractivity contribution in [3.8, 4) is 5.75 Å². The maximum Gasteiger partial charge on any atom is 0.316 e. The minimum Gasteiger partial charge on any atom is -0.489 e. The molecule has 1 amide bonds. The molecule has 0 aliphatic heterocycles. The number of ether oxygens (including phenoxy) is 1. The van der Waals surface area contributed by atoms with Gasteiger partial charge in [-0.25, -0.2) is 0 Å². The molecule has 3 rings (SSSR count). The summed E-state index contributed by atoms with van der Waals surface area (Å²) in [6.45, 7) is 2.69. The Kier molecular flexibility index (Phi) is 7.22. The lowest BCUT2D eigenvalue weighted by atomic mass is 9.97. The van der Waals surface area contributed by atoms with E-state index in [1.807, 2.05) is 67.6 Å². The van der Waals surface area contributed by atoms with Gasteiger partial charge in [0.15, 0.2) is 0 Å². The largest absolute Gasteiger partial charge is 0.489 e. The van der Waals surface area contributed by atoms with E-state index in [0.29, 0.717) is 24.6 Å². The Morgan fingerprint density at radius 2 is 1.47 bits per heavy atom. The lowest BCUT2D eigenvalue weighted by Gasteiger charge is -2.24. The van der Waals surface area contributed by atoms with Gasteiger partial charge in [-0.2, -0.15) is 0 Å². The standard InChI is InChI=1S/C25H25NO4/c1-2-26(21-11-7-4-8-12-21)24(27)23(25(28)29)17-19-13-15-22(16-14-19)30-18-20-9-5-3-6-10-20/h3-16,23H,2,17-18H2,1H3,(H,28,29). The molecule has 5 nitrogen and oxygen atoms in total. The van der Waals surface area contributed by atoms with Crippen molar-refractivity contribution in [2.75, 3.05) is 11.4 Å². The van der Waals surface area contributed by atoms with Gasteiger partial charge in [-0.3, -0.25) is 9.59 Å². The van der Waals surface area contributed by atoms with Crippen LogP contribution < -0.4 is 9.64 Å². The zero-order chi connectivity index (χ0) is 21.3. The fourth-order valence-corrected chi connectivity index (χ4v) is 3.24.